The number of rotatable bonds is 3. The van der Waals surface area contributed by atoms with Crippen LogP contribution in [-0.4, -0.2) is 38.1 Å². The van der Waals surface area contributed by atoms with Crippen molar-refractivity contribution in [3.63, 3.8) is 0 Å². The van der Waals surface area contributed by atoms with Gasteiger partial charge in [0.05, 0.1) is 6.61 Å². The van der Waals surface area contributed by atoms with Crippen molar-refractivity contribution in [2.75, 3.05) is 6.61 Å². The maximum atomic E-state index is 11.8. The average Bonchev–Trinajstić information content (AvgIpc) is 2.97. The lowest BCUT2D eigenvalue weighted by Crippen LogP contribution is -2.06. The molecule has 7 nitrogen and oxygen atoms in total. The van der Waals surface area contributed by atoms with E-state index in [4.69, 9.17) is 4.74 Å². The smallest absolute Gasteiger partial charge is 0.361 e. The van der Waals surface area contributed by atoms with E-state index in [1.807, 2.05) is 6.07 Å². The van der Waals surface area contributed by atoms with Gasteiger partial charge in [-0.05, 0) is 19.1 Å². The maximum Gasteiger partial charge on any atom is 0.361 e. The Bertz CT molecular complexity index is 813. The molecule has 2 N–H and O–H groups in total. The van der Waals surface area contributed by atoms with Gasteiger partial charge in [0.1, 0.15) is 11.2 Å². The number of carbonyl (C=O) groups is 1. The number of H-pyrrole nitrogens is 1. The minimum atomic E-state index is -0.596. The van der Waals surface area contributed by atoms with Crippen molar-refractivity contribution >= 4 is 16.9 Å². The normalized spacial score (nSPS) is 10.7. The number of nitrogens with zero attached hydrogens (tertiary/aromatic N) is 3. The van der Waals surface area contributed by atoms with Crippen molar-refractivity contribution in [3.05, 3.63) is 36.2 Å². The zero-order valence-corrected chi connectivity index (χ0v) is 11.2. The molecule has 0 saturated heterocycles. The molecule has 2 aromatic heterocycles. The van der Waals surface area contributed by atoms with E-state index < -0.39 is 5.97 Å². The SMILES string of the molecule is CCOC(=O)c1n[nH]nc1-c1ccc2cccnc2c1O. The van der Waals surface area contributed by atoms with Gasteiger partial charge in [0.25, 0.3) is 0 Å². The Labute approximate surface area is 119 Å². The van der Waals surface area contributed by atoms with Crippen LogP contribution in [0.3, 0.4) is 0 Å². The van der Waals surface area contributed by atoms with Gasteiger partial charge in [-0.15, -0.1) is 5.10 Å². The number of nitrogens with one attached hydrogen (secondary N) is 1. The first-order valence-electron chi connectivity index (χ1n) is 6.37. The van der Waals surface area contributed by atoms with Crippen LogP contribution in [0.1, 0.15) is 17.4 Å². The Morgan fingerprint density at radius 2 is 2.19 bits per heavy atom. The van der Waals surface area contributed by atoms with Gasteiger partial charge in [0.2, 0.25) is 0 Å². The summed E-state index contributed by atoms with van der Waals surface area (Å²) >= 11 is 0. The van der Waals surface area contributed by atoms with Crippen LogP contribution >= 0.6 is 0 Å². The Morgan fingerprint density at radius 3 is 3.00 bits per heavy atom. The molecule has 0 radical (unpaired) electrons. The van der Waals surface area contributed by atoms with E-state index in [9.17, 15) is 9.90 Å². The molecule has 0 atom stereocenters. The third-order valence-electron chi connectivity index (χ3n) is 3.02. The average molecular weight is 284 g/mol. The number of pyridine rings is 1. The molecule has 0 bridgehead atoms. The summed E-state index contributed by atoms with van der Waals surface area (Å²) in [5.74, 6) is -0.644. The highest BCUT2D eigenvalue weighted by molar-refractivity contribution is 5.98. The topological polar surface area (TPSA) is 101 Å². The van der Waals surface area contributed by atoms with Crippen LogP contribution in [0.15, 0.2) is 30.5 Å². The highest BCUT2D eigenvalue weighted by Gasteiger charge is 2.22. The molecule has 0 fully saturated rings. The number of hydrogen-bond donors (Lipinski definition) is 2. The van der Waals surface area contributed by atoms with E-state index in [1.54, 1.807) is 31.3 Å². The highest BCUT2D eigenvalue weighted by Crippen LogP contribution is 2.34. The molecule has 1 aromatic carbocycles. The maximum absolute atomic E-state index is 11.8. The Kier molecular flexibility index (Phi) is 3.23. The first-order chi connectivity index (χ1) is 10.2. The number of fused-ring (bicyclic) bond motifs is 1. The van der Waals surface area contributed by atoms with Gasteiger partial charge in [-0.1, -0.05) is 12.1 Å². The lowest BCUT2D eigenvalue weighted by atomic mass is 10.1. The predicted octanol–water partition coefficient (Wildman–Crippen LogP) is 1.90. The number of ether oxygens (including phenoxy) is 1. The molecule has 0 amide bonds. The number of aromatic nitrogens is 4. The molecule has 3 aromatic rings. The summed E-state index contributed by atoms with van der Waals surface area (Å²) in [5.41, 5.74) is 1.08. The van der Waals surface area contributed by atoms with E-state index in [-0.39, 0.29) is 23.7 Å². The summed E-state index contributed by atoms with van der Waals surface area (Å²) in [4.78, 5) is 16.0. The third-order valence-corrected chi connectivity index (χ3v) is 3.02. The van der Waals surface area contributed by atoms with E-state index in [0.29, 0.717) is 11.1 Å². The molecule has 0 saturated carbocycles. The first-order valence-corrected chi connectivity index (χ1v) is 6.37. The second kappa shape index (κ2) is 5.20. The molecular weight excluding hydrogens is 272 g/mol. The monoisotopic (exact) mass is 284 g/mol. The lowest BCUT2D eigenvalue weighted by molar-refractivity contribution is 0.0520. The molecule has 0 unspecified atom stereocenters. The van der Waals surface area contributed by atoms with Gasteiger partial charge in [-0.2, -0.15) is 10.3 Å². The van der Waals surface area contributed by atoms with Crippen LogP contribution in [0.2, 0.25) is 0 Å². The quantitative estimate of drug-likeness (QED) is 0.712. The number of aromatic hydroxyl groups is 1. The predicted molar refractivity (Wildman–Crippen MR) is 74.7 cm³/mol. The van der Waals surface area contributed by atoms with Gasteiger partial charge in [0.15, 0.2) is 11.4 Å². The number of phenolic OH excluding ortho intramolecular Hbond substituents is 1. The molecular formula is C14H12N4O3. The number of hydrogen-bond acceptors (Lipinski definition) is 6. The fourth-order valence-electron chi connectivity index (χ4n) is 2.08. The van der Waals surface area contributed by atoms with Gasteiger partial charge < -0.3 is 9.84 Å². The molecule has 0 aliphatic rings. The summed E-state index contributed by atoms with van der Waals surface area (Å²) < 4.78 is 4.92. The number of aromatic amines is 1. The number of phenols is 1. The van der Waals surface area contributed by atoms with Gasteiger partial charge >= 0.3 is 5.97 Å². The van der Waals surface area contributed by atoms with E-state index in [1.165, 1.54) is 0 Å². The molecule has 7 heteroatoms. The van der Waals surface area contributed by atoms with Crippen LogP contribution in [0.4, 0.5) is 0 Å². The summed E-state index contributed by atoms with van der Waals surface area (Å²) in [7, 11) is 0. The van der Waals surface area contributed by atoms with Gasteiger partial charge in [0, 0.05) is 17.1 Å². The summed E-state index contributed by atoms with van der Waals surface area (Å²) in [5, 5.41) is 21.3. The van der Waals surface area contributed by atoms with Crippen molar-refractivity contribution in [2.45, 2.75) is 6.92 Å². The van der Waals surface area contributed by atoms with Crippen LogP contribution in [0.25, 0.3) is 22.2 Å². The number of esters is 1. The number of carbonyl (C=O) groups excluding carboxylic acids is 1. The minimum Gasteiger partial charge on any atom is -0.505 e. The Morgan fingerprint density at radius 1 is 1.33 bits per heavy atom. The Balaban J connectivity index is 2.16. The van der Waals surface area contributed by atoms with Crippen molar-refractivity contribution in [1.82, 2.24) is 20.4 Å². The van der Waals surface area contributed by atoms with Crippen molar-refractivity contribution in [3.8, 4) is 17.0 Å². The molecule has 106 valence electrons. The lowest BCUT2D eigenvalue weighted by Gasteiger charge is -2.06. The number of benzene rings is 1. The standard InChI is InChI=1S/C14H12N4O3/c1-2-21-14(20)12-11(16-18-17-12)9-6-5-8-4-3-7-15-10(8)13(9)19/h3-7,19H,2H2,1H3,(H,16,17,18). The van der Waals surface area contributed by atoms with E-state index in [0.717, 1.165) is 5.39 Å². The fourth-order valence-corrected chi connectivity index (χ4v) is 2.08. The summed E-state index contributed by atoms with van der Waals surface area (Å²) in [6.07, 6.45) is 1.58. The summed E-state index contributed by atoms with van der Waals surface area (Å²) in [6.45, 7) is 1.94. The van der Waals surface area contributed by atoms with Crippen LogP contribution in [0.5, 0.6) is 5.75 Å². The highest BCUT2D eigenvalue weighted by atomic mass is 16.5. The molecule has 0 spiro atoms. The fraction of sp³-hybridized carbons (Fsp3) is 0.143. The van der Waals surface area contributed by atoms with E-state index >= 15 is 0 Å². The Hall–Kier alpha value is -2.96. The largest absolute Gasteiger partial charge is 0.505 e. The molecule has 2 heterocycles. The van der Waals surface area contributed by atoms with Crippen molar-refractivity contribution in [1.29, 1.82) is 0 Å². The molecule has 3 rings (SSSR count). The van der Waals surface area contributed by atoms with Crippen LogP contribution < -0.4 is 0 Å². The van der Waals surface area contributed by atoms with Gasteiger partial charge in [-0.3, -0.25) is 4.98 Å². The zero-order chi connectivity index (χ0) is 14.8. The van der Waals surface area contributed by atoms with Crippen molar-refractivity contribution < 1.29 is 14.6 Å². The first kappa shape index (κ1) is 13.0. The summed E-state index contributed by atoms with van der Waals surface area (Å²) in [6, 6.07) is 7.07. The van der Waals surface area contributed by atoms with Crippen molar-refractivity contribution in [2.24, 2.45) is 0 Å². The van der Waals surface area contributed by atoms with Gasteiger partial charge in [-0.25, -0.2) is 4.79 Å². The molecule has 0 aliphatic carbocycles. The second-order valence-electron chi connectivity index (χ2n) is 4.28. The third kappa shape index (κ3) is 2.18. The molecule has 21 heavy (non-hydrogen) atoms. The van der Waals surface area contributed by atoms with Crippen LogP contribution in [-0.2, 0) is 4.74 Å². The molecule has 0 aliphatic heterocycles. The van der Waals surface area contributed by atoms with Crippen LogP contribution in [0, 0.1) is 0 Å². The second-order valence-corrected chi connectivity index (χ2v) is 4.28. The zero-order valence-electron chi connectivity index (χ0n) is 11.2. The van der Waals surface area contributed by atoms with E-state index in [2.05, 4.69) is 20.4 Å². The minimum absolute atomic E-state index is 0.0300.